The lowest BCUT2D eigenvalue weighted by molar-refractivity contribution is 0.496. The molecule has 0 nitrogen and oxygen atoms in total. The van der Waals surface area contributed by atoms with E-state index < -0.39 is 0 Å². The summed E-state index contributed by atoms with van der Waals surface area (Å²) in [5.74, 6) is 2.29. The Hall–Kier alpha value is -1.56. The summed E-state index contributed by atoms with van der Waals surface area (Å²) in [5, 5.41) is 0. The monoisotopic (exact) mass is 334 g/mol. The van der Waals surface area contributed by atoms with E-state index in [0.29, 0.717) is 5.92 Å². The van der Waals surface area contributed by atoms with Gasteiger partial charge in [0.05, 0.1) is 0 Å². The Morgan fingerprint density at radius 2 is 1.48 bits per heavy atom. The van der Waals surface area contributed by atoms with E-state index in [4.69, 9.17) is 0 Å². The van der Waals surface area contributed by atoms with E-state index >= 15 is 0 Å². The minimum Gasteiger partial charge on any atom is -0.0622 e. The molecule has 25 heavy (non-hydrogen) atoms. The van der Waals surface area contributed by atoms with Crippen molar-refractivity contribution in [3.8, 4) is 0 Å². The van der Waals surface area contributed by atoms with Gasteiger partial charge in [0.15, 0.2) is 0 Å². The first-order chi connectivity index (χ1) is 12.1. The molecule has 1 unspecified atom stereocenters. The third-order valence-corrected chi connectivity index (χ3v) is 6.02. The zero-order chi connectivity index (χ0) is 17.8. The Labute approximate surface area is 154 Å². The molecule has 2 aliphatic rings. The third kappa shape index (κ3) is 4.35. The summed E-state index contributed by atoms with van der Waals surface area (Å²) >= 11 is 0. The summed E-state index contributed by atoms with van der Waals surface area (Å²) in [4.78, 5) is 0. The first-order valence-corrected chi connectivity index (χ1v) is 10.3. The largest absolute Gasteiger partial charge is 0.0622 e. The maximum Gasteiger partial charge on any atom is -0.0133 e. The summed E-state index contributed by atoms with van der Waals surface area (Å²) in [5.41, 5.74) is 7.89. The molecule has 2 aromatic rings. The summed E-state index contributed by atoms with van der Waals surface area (Å²) in [6, 6.07) is 15.9. The predicted molar refractivity (Wildman–Crippen MR) is 110 cm³/mol. The van der Waals surface area contributed by atoms with Gasteiger partial charge in [-0.15, -0.1) is 0 Å². The Bertz CT molecular complexity index is 693. The fraction of sp³-hybridized carbons (Fsp3) is 0.520. The molecule has 0 N–H and O–H groups in total. The molecule has 2 aliphatic carbocycles. The van der Waals surface area contributed by atoms with Crippen molar-refractivity contribution < 1.29 is 0 Å². The standard InChI is InChI=1S/C13H18.C12H16/c1-10(2)12-8-7-11-5-3-4-6-13(11)9-12;1-9(2)11-8-7-10-5-3-4-6-12(10)11/h7-10H,3-6H2,1-2H3;3-6,9,11H,7-8H2,1-2H3. The van der Waals surface area contributed by atoms with Crippen LogP contribution in [0.15, 0.2) is 42.5 Å². The first kappa shape index (κ1) is 18.2. The third-order valence-electron chi connectivity index (χ3n) is 6.02. The van der Waals surface area contributed by atoms with E-state index in [0.717, 1.165) is 11.8 Å². The van der Waals surface area contributed by atoms with Gasteiger partial charge in [0.1, 0.15) is 0 Å². The normalized spacial score (nSPS) is 18.6. The fourth-order valence-corrected chi connectivity index (χ4v) is 4.40. The molecule has 0 spiro atoms. The fourth-order valence-electron chi connectivity index (χ4n) is 4.40. The van der Waals surface area contributed by atoms with Crippen LogP contribution in [0.2, 0.25) is 0 Å². The van der Waals surface area contributed by atoms with Gasteiger partial charge in [-0.05, 0) is 84.1 Å². The van der Waals surface area contributed by atoms with E-state index in [1.807, 2.05) is 0 Å². The molecule has 0 heteroatoms. The molecule has 0 aliphatic heterocycles. The van der Waals surface area contributed by atoms with Gasteiger partial charge in [0, 0.05) is 0 Å². The summed E-state index contributed by atoms with van der Waals surface area (Å²) in [6.45, 7) is 9.19. The lowest BCUT2D eigenvalue weighted by Crippen LogP contribution is -2.03. The van der Waals surface area contributed by atoms with Crippen molar-refractivity contribution in [3.63, 3.8) is 0 Å². The highest BCUT2D eigenvalue weighted by Gasteiger charge is 2.23. The second-order valence-electron chi connectivity index (χ2n) is 8.48. The SMILES string of the molecule is CC(C)C1CCc2ccccc21.CC(C)c1ccc2c(c1)CCCC2. The Morgan fingerprint density at radius 3 is 2.20 bits per heavy atom. The van der Waals surface area contributed by atoms with Crippen molar-refractivity contribution in [2.45, 2.75) is 78.1 Å². The predicted octanol–water partition coefficient (Wildman–Crippen LogP) is 7.06. The van der Waals surface area contributed by atoms with Crippen LogP contribution in [-0.4, -0.2) is 0 Å². The van der Waals surface area contributed by atoms with E-state index in [2.05, 4.69) is 70.2 Å². The van der Waals surface area contributed by atoms with Crippen LogP contribution < -0.4 is 0 Å². The molecule has 0 saturated carbocycles. The van der Waals surface area contributed by atoms with Crippen LogP contribution in [0.1, 0.15) is 86.6 Å². The molecule has 0 bridgehead atoms. The molecular formula is C25H34. The van der Waals surface area contributed by atoms with Crippen LogP contribution in [0.25, 0.3) is 0 Å². The van der Waals surface area contributed by atoms with Crippen LogP contribution in [0, 0.1) is 5.92 Å². The smallest absolute Gasteiger partial charge is 0.0133 e. The first-order valence-electron chi connectivity index (χ1n) is 10.3. The van der Waals surface area contributed by atoms with Crippen molar-refractivity contribution in [1.29, 1.82) is 0 Å². The molecule has 0 heterocycles. The molecule has 0 fully saturated rings. The van der Waals surface area contributed by atoms with Gasteiger partial charge in [-0.3, -0.25) is 0 Å². The average Bonchev–Trinajstić information content (AvgIpc) is 3.06. The highest BCUT2D eigenvalue weighted by Crippen LogP contribution is 2.37. The molecule has 2 aromatic carbocycles. The number of aryl methyl sites for hydroxylation is 3. The summed E-state index contributed by atoms with van der Waals surface area (Å²) in [6.07, 6.45) is 8.02. The van der Waals surface area contributed by atoms with E-state index in [1.54, 1.807) is 22.3 Å². The van der Waals surface area contributed by atoms with E-state index in [-0.39, 0.29) is 0 Å². The van der Waals surface area contributed by atoms with Gasteiger partial charge in [0.2, 0.25) is 0 Å². The molecule has 134 valence electrons. The zero-order valence-electron chi connectivity index (χ0n) is 16.5. The van der Waals surface area contributed by atoms with Gasteiger partial charge in [-0.1, -0.05) is 70.2 Å². The second kappa shape index (κ2) is 8.21. The number of fused-ring (bicyclic) bond motifs is 2. The molecule has 0 saturated heterocycles. The minimum absolute atomic E-state index is 0.673. The number of hydrogen-bond donors (Lipinski definition) is 0. The number of benzene rings is 2. The maximum absolute atomic E-state index is 2.42. The van der Waals surface area contributed by atoms with Crippen molar-refractivity contribution in [2.75, 3.05) is 0 Å². The molecule has 0 aromatic heterocycles. The summed E-state index contributed by atoms with van der Waals surface area (Å²) < 4.78 is 0. The quantitative estimate of drug-likeness (QED) is 0.551. The molecular weight excluding hydrogens is 300 g/mol. The van der Waals surface area contributed by atoms with Crippen molar-refractivity contribution in [3.05, 3.63) is 70.3 Å². The topological polar surface area (TPSA) is 0 Å². The highest BCUT2D eigenvalue weighted by molar-refractivity contribution is 5.35. The average molecular weight is 335 g/mol. The van der Waals surface area contributed by atoms with Gasteiger partial charge >= 0.3 is 0 Å². The van der Waals surface area contributed by atoms with E-state index in [1.165, 1.54) is 44.1 Å². The lowest BCUT2D eigenvalue weighted by Gasteiger charge is -2.17. The Balaban J connectivity index is 0.000000146. The van der Waals surface area contributed by atoms with Crippen LogP contribution in [-0.2, 0) is 19.3 Å². The van der Waals surface area contributed by atoms with Crippen LogP contribution in [0.4, 0.5) is 0 Å². The molecule has 4 rings (SSSR count). The van der Waals surface area contributed by atoms with Crippen LogP contribution >= 0.6 is 0 Å². The minimum atomic E-state index is 0.673. The van der Waals surface area contributed by atoms with Crippen molar-refractivity contribution in [1.82, 2.24) is 0 Å². The van der Waals surface area contributed by atoms with Gasteiger partial charge in [0.25, 0.3) is 0 Å². The van der Waals surface area contributed by atoms with Crippen LogP contribution in [0.5, 0.6) is 0 Å². The Morgan fingerprint density at radius 1 is 0.760 bits per heavy atom. The van der Waals surface area contributed by atoms with Gasteiger partial charge < -0.3 is 0 Å². The maximum atomic E-state index is 2.42. The van der Waals surface area contributed by atoms with Crippen molar-refractivity contribution in [2.24, 2.45) is 5.92 Å². The molecule has 0 radical (unpaired) electrons. The highest BCUT2D eigenvalue weighted by atomic mass is 14.3. The lowest BCUT2D eigenvalue weighted by atomic mass is 9.88. The second-order valence-corrected chi connectivity index (χ2v) is 8.48. The number of rotatable bonds is 2. The van der Waals surface area contributed by atoms with Crippen LogP contribution in [0.3, 0.4) is 0 Å². The number of hydrogen-bond acceptors (Lipinski definition) is 0. The zero-order valence-corrected chi connectivity index (χ0v) is 16.5. The van der Waals surface area contributed by atoms with Gasteiger partial charge in [-0.25, -0.2) is 0 Å². The molecule has 1 atom stereocenters. The molecule has 0 amide bonds. The Kier molecular flexibility index (Phi) is 5.99. The van der Waals surface area contributed by atoms with E-state index in [9.17, 15) is 0 Å². The van der Waals surface area contributed by atoms with Crippen molar-refractivity contribution >= 4 is 0 Å². The van der Waals surface area contributed by atoms with Gasteiger partial charge in [-0.2, -0.15) is 0 Å². The summed E-state index contributed by atoms with van der Waals surface area (Å²) in [7, 11) is 0.